The van der Waals surface area contributed by atoms with Crippen LogP contribution in [0.25, 0.3) is 6.08 Å². The summed E-state index contributed by atoms with van der Waals surface area (Å²) >= 11 is 1.27. The summed E-state index contributed by atoms with van der Waals surface area (Å²) < 4.78 is 13.1. The summed E-state index contributed by atoms with van der Waals surface area (Å²) in [5.74, 6) is 0.225. The summed E-state index contributed by atoms with van der Waals surface area (Å²) in [7, 11) is 3.14. The molecular formula is C23H21N3O5S. The average molecular weight is 452 g/mol. The van der Waals surface area contributed by atoms with E-state index in [-0.39, 0.29) is 13.2 Å². The number of hydrogen-bond acceptors (Lipinski definition) is 7. The lowest BCUT2D eigenvalue weighted by atomic mass is 10.2. The van der Waals surface area contributed by atoms with Crippen LogP contribution in [0, 0.1) is 0 Å². The largest absolute Gasteiger partial charge is 0.481 e. The molecular weight excluding hydrogens is 430 g/mol. The molecule has 8 nitrogen and oxygen atoms in total. The molecule has 0 unspecified atom stereocenters. The molecule has 0 amide bonds. The number of benzene rings is 1. The minimum atomic E-state index is -0.512. The molecule has 0 radical (unpaired) electrons. The number of ether oxygens (including phenoxy) is 2. The van der Waals surface area contributed by atoms with Crippen LogP contribution in [0.5, 0.6) is 5.88 Å². The average Bonchev–Trinajstić information content (AvgIpc) is 2.84. The number of aromatic nitrogens is 3. The highest BCUT2D eigenvalue weighted by atomic mass is 32.2. The van der Waals surface area contributed by atoms with Crippen molar-refractivity contribution in [3.8, 4) is 5.88 Å². The minimum absolute atomic E-state index is 0.0537. The number of esters is 1. The first-order valence-corrected chi connectivity index (χ1v) is 10.8. The van der Waals surface area contributed by atoms with E-state index in [1.165, 1.54) is 34.1 Å². The summed E-state index contributed by atoms with van der Waals surface area (Å²) in [4.78, 5) is 42.6. The van der Waals surface area contributed by atoms with Gasteiger partial charge in [0.05, 0.1) is 24.2 Å². The number of fused-ring (bicyclic) bond motifs is 1. The Bertz CT molecular complexity index is 1310. The van der Waals surface area contributed by atoms with Crippen LogP contribution >= 0.6 is 11.8 Å². The molecule has 0 bridgehead atoms. The molecule has 164 valence electrons. The van der Waals surface area contributed by atoms with Gasteiger partial charge in [-0.3, -0.25) is 13.9 Å². The third-order valence-electron chi connectivity index (χ3n) is 5.04. The topological polar surface area (TPSA) is 92.4 Å². The number of methoxy groups -OCH3 is 1. The molecule has 0 N–H and O–H groups in total. The number of carbonyl (C=O) groups excluding carboxylic acids is 1. The van der Waals surface area contributed by atoms with Crippen LogP contribution in [-0.4, -0.2) is 33.0 Å². The van der Waals surface area contributed by atoms with Crippen LogP contribution in [0.3, 0.4) is 0 Å². The lowest BCUT2D eigenvalue weighted by molar-refractivity contribution is -0.140. The lowest BCUT2D eigenvalue weighted by Gasteiger charge is -2.19. The first-order valence-electron chi connectivity index (χ1n) is 9.85. The number of carbonyl (C=O) groups is 1. The summed E-state index contributed by atoms with van der Waals surface area (Å²) in [6.45, 7) is 0.208. The van der Waals surface area contributed by atoms with Crippen molar-refractivity contribution in [3.05, 3.63) is 91.8 Å². The predicted octanol–water partition coefficient (Wildman–Crippen LogP) is 2.23. The molecule has 1 aliphatic rings. The fraction of sp³-hybridized carbons (Fsp3) is 0.217. The van der Waals surface area contributed by atoms with E-state index in [1.807, 2.05) is 30.3 Å². The summed E-state index contributed by atoms with van der Waals surface area (Å²) in [6.07, 6.45) is 3.11. The smallest absolute Gasteiger partial charge is 0.335 e. The van der Waals surface area contributed by atoms with Gasteiger partial charge in [0.1, 0.15) is 6.61 Å². The van der Waals surface area contributed by atoms with E-state index in [9.17, 15) is 14.4 Å². The highest BCUT2D eigenvalue weighted by molar-refractivity contribution is 7.99. The van der Waals surface area contributed by atoms with Gasteiger partial charge in [0.25, 0.3) is 5.56 Å². The normalized spacial score (nSPS) is 12.6. The Morgan fingerprint density at radius 3 is 2.69 bits per heavy atom. The van der Waals surface area contributed by atoms with Gasteiger partial charge in [-0.15, -0.1) is 11.8 Å². The third kappa shape index (κ3) is 4.38. The molecule has 0 aliphatic carbocycles. The quantitative estimate of drug-likeness (QED) is 0.419. The third-order valence-corrected chi connectivity index (χ3v) is 6.26. The Hall–Kier alpha value is -3.59. The van der Waals surface area contributed by atoms with Crippen LogP contribution in [0.2, 0.25) is 0 Å². The first-order chi connectivity index (χ1) is 15.5. The Balaban J connectivity index is 1.61. The molecule has 0 saturated heterocycles. The van der Waals surface area contributed by atoms with Crippen LogP contribution < -0.4 is 16.0 Å². The molecule has 0 spiro atoms. The maximum atomic E-state index is 13.1. The SMILES string of the molecule is COc1cc(COC(=O)C2=Cc3c(n(C)c(=O)n(Cc4ccccc4)c3=O)SC2)ccn1. The van der Waals surface area contributed by atoms with Gasteiger partial charge in [-0.25, -0.2) is 14.6 Å². The molecule has 4 rings (SSSR count). The maximum absolute atomic E-state index is 13.1. The van der Waals surface area contributed by atoms with Gasteiger partial charge in [-0.2, -0.15) is 0 Å². The van der Waals surface area contributed by atoms with Crippen LogP contribution in [0.4, 0.5) is 0 Å². The number of nitrogens with zero attached hydrogens (tertiary/aromatic N) is 3. The van der Waals surface area contributed by atoms with Gasteiger partial charge < -0.3 is 9.47 Å². The highest BCUT2D eigenvalue weighted by Crippen LogP contribution is 2.29. The van der Waals surface area contributed by atoms with Crippen molar-refractivity contribution in [2.75, 3.05) is 12.9 Å². The Kier molecular flexibility index (Phi) is 6.27. The second-order valence-electron chi connectivity index (χ2n) is 7.18. The van der Waals surface area contributed by atoms with E-state index in [1.54, 1.807) is 25.4 Å². The van der Waals surface area contributed by atoms with Crippen molar-refractivity contribution in [2.24, 2.45) is 7.05 Å². The molecule has 3 aromatic rings. The van der Waals surface area contributed by atoms with Gasteiger partial charge in [-0.05, 0) is 23.3 Å². The van der Waals surface area contributed by atoms with E-state index < -0.39 is 17.2 Å². The monoisotopic (exact) mass is 451 g/mol. The van der Waals surface area contributed by atoms with Gasteiger partial charge >= 0.3 is 11.7 Å². The standard InChI is InChI=1S/C23H21N3O5S/c1-25-21-18(20(27)26(23(25)29)12-15-6-4-3-5-7-15)11-17(14-32-21)22(28)31-13-16-8-9-24-19(10-16)30-2/h3-11H,12-14H2,1-2H3. The van der Waals surface area contributed by atoms with Crippen LogP contribution in [0.1, 0.15) is 16.7 Å². The van der Waals surface area contributed by atoms with Crippen LogP contribution in [0.15, 0.2) is 68.8 Å². The first kappa shape index (κ1) is 21.6. The maximum Gasteiger partial charge on any atom is 0.335 e. The van der Waals surface area contributed by atoms with Crippen molar-refractivity contribution in [1.82, 2.24) is 14.1 Å². The lowest BCUT2D eigenvalue weighted by Crippen LogP contribution is -2.42. The summed E-state index contributed by atoms with van der Waals surface area (Å²) in [6, 6.07) is 12.7. The second kappa shape index (κ2) is 9.27. The molecule has 9 heteroatoms. The molecule has 32 heavy (non-hydrogen) atoms. The molecule has 3 heterocycles. The Labute approximate surface area is 188 Å². The molecule has 1 aromatic carbocycles. The van der Waals surface area contributed by atoms with Gasteiger partial charge in [0.15, 0.2) is 0 Å². The van der Waals surface area contributed by atoms with Gasteiger partial charge in [-0.1, -0.05) is 30.3 Å². The minimum Gasteiger partial charge on any atom is -0.481 e. The van der Waals surface area contributed by atoms with Crippen molar-refractivity contribution in [3.63, 3.8) is 0 Å². The predicted molar refractivity (Wildman–Crippen MR) is 121 cm³/mol. The van der Waals surface area contributed by atoms with E-state index in [4.69, 9.17) is 9.47 Å². The molecule has 0 saturated carbocycles. The molecule has 2 aromatic heterocycles. The van der Waals surface area contributed by atoms with Crippen molar-refractivity contribution < 1.29 is 14.3 Å². The second-order valence-corrected chi connectivity index (χ2v) is 8.14. The molecule has 0 atom stereocenters. The zero-order chi connectivity index (χ0) is 22.7. The number of hydrogen-bond donors (Lipinski definition) is 0. The Morgan fingerprint density at radius 2 is 1.94 bits per heavy atom. The summed E-state index contributed by atoms with van der Waals surface area (Å²) in [5.41, 5.74) is 1.44. The highest BCUT2D eigenvalue weighted by Gasteiger charge is 2.24. The van der Waals surface area contributed by atoms with E-state index >= 15 is 0 Å². The van der Waals surface area contributed by atoms with Crippen molar-refractivity contribution in [1.29, 1.82) is 0 Å². The van der Waals surface area contributed by atoms with Gasteiger partial charge in [0, 0.05) is 30.6 Å². The van der Waals surface area contributed by atoms with Gasteiger partial charge in [0.2, 0.25) is 5.88 Å². The number of thioether (sulfide) groups is 1. The number of rotatable bonds is 6. The van der Waals surface area contributed by atoms with E-state index in [0.717, 1.165) is 11.1 Å². The Morgan fingerprint density at radius 1 is 1.16 bits per heavy atom. The van der Waals surface area contributed by atoms with E-state index in [0.29, 0.717) is 27.8 Å². The van der Waals surface area contributed by atoms with Crippen molar-refractivity contribution >= 4 is 23.8 Å². The zero-order valence-corrected chi connectivity index (χ0v) is 18.4. The molecule has 1 aliphatic heterocycles. The zero-order valence-electron chi connectivity index (χ0n) is 17.6. The fourth-order valence-electron chi connectivity index (χ4n) is 3.35. The van der Waals surface area contributed by atoms with Crippen molar-refractivity contribution in [2.45, 2.75) is 18.2 Å². The van der Waals surface area contributed by atoms with E-state index in [2.05, 4.69) is 4.98 Å². The molecule has 0 fully saturated rings. The number of pyridine rings is 1. The fourth-order valence-corrected chi connectivity index (χ4v) is 4.42. The summed E-state index contributed by atoms with van der Waals surface area (Å²) in [5, 5.41) is 0.541. The van der Waals surface area contributed by atoms with Crippen LogP contribution in [-0.2, 0) is 29.7 Å².